The van der Waals surface area contributed by atoms with E-state index >= 15 is 0 Å². The van der Waals surface area contributed by atoms with Gasteiger partial charge in [0.15, 0.2) is 0 Å². The van der Waals surface area contributed by atoms with Crippen molar-refractivity contribution < 1.29 is 5.11 Å². The van der Waals surface area contributed by atoms with Crippen LogP contribution in [0.4, 0.5) is 0 Å². The second-order valence-electron chi connectivity index (χ2n) is 4.14. The van der Waals surface area contributed by atoms with Gasteiger partial charge in [0.1, 0.15) is 0 Å². The number of likely N-dealkylation sites (tertiary alicyclic amines) is 1. The third kappa shape index (κ3) is 1.30. The minimum atomic E-state index is 0.329. The Balaban J connectivity index is 1.77. The van der Waals surface area contributed by atoms with Gasteiger partial charge in [-0.3, -0.25) is 4.90 Å². The van der Waals surface area contributed by atoms with Crippen molar-refractivity contribution >= 4 is 0 Å². The molecule has 64 valence electrons. The van der Waals surface area contributed by atoms with Gasteiger partial charge in [-0.2, -0.15) is 0 Å². The highest BCUT2D eigenvalue weighted by Gasteiger charge is 2.43. The lowest BCUT2D eigenvalue weighted by Crippen LogP contribution is -2.55. The Morgan fingerprint density at radius 2 is 1.82 bits per heavy atom. The normalized spacial score (nSPS) is 29.2. The molecule has 2 nitrogen and oxygen atoms in total. The fraction of sp³-hybridized carbons (Fsp3) is 1.00. The van der Waals surface area contributed by atoms with E-state index in [0.717, 1.165) is 6.54 Å². The first-order chi connectivity index (χ1) is 5.35. The van der Waals surface area contributed by atoms with Gasteiger partial charge in [-0.25, -0.2) is 0 Å². The predicted octanol–water partition coefficient (Wildman–Crippen LogP) is 0.855. The quantitative estimate of drug-likeness (QED) is 0.639. The van der Waals surface area contributed by atoms with E-state index in [4.69, 9.17) is 5.11 Å². The van der Waals surface area contributed by atoms with E-state index < -0.39 is 0 Å². The number of aliphatic hydroxyl groups excluding tert-OH is 1. The molecule has 0 radical (unpaired) electrons. The van der Waals surface area contributed by atoms with Crippen molar-refractivity contribution in [3.63, 3.8) is 0 Å². The second-order valence-corrected chi connectivity index (χ2v) is 4.14. The lowest BCUT2D eigenvalue weighted by atomic mass is 9.78. The first-order valence-electron chi connectivity index (χ1n) is 4.68. The third-order valence-electron chi connectivity index (χ3n) is 3.20. The average Bonchev–Trinajstić information content (AvgIpc) is 2.35. The van der Waals surface area contributed by atoms with Crippen molar-refractivity contribution in [2.24, 2.45) is 5.41 Å². The van der Waals surface area contributed by atoms with Crippen LogP contribution in [0.1, 0.15) is 25.7 Å². The van der Waals surface area contributed by atoms with Crippen molar-refractivity contribution in [2.75, 3.05) is 26.2 Å². The summed E-state index contributed by atoms with van der Waals surface area (Å²) in [6.07, 6.45) is 5.75. The van der Waals surface area contributed by atoms with Crippen LogP contribution in [0.3, 0.4) is 0 Å². The van der Waals surface area contributed by atoms with E-state index in [-0.39, 0.29) is 0 Å². The summed E-state index contributed by atoms with van der Waals surface area (Å²) in [5, 5.41) is 8.69. The number of hydrogen-bond donors (Lipinski definition) is 1. The standard InChI is InChI=1S/C9H17NO/c11-6-5-10-7-9(8-10)3-1-2-4-9/h11H,1-8H2. The molecule has 0 aromatic rings. The highest BCUT2D eigenvalue weighted by molar-refractivity contribution is 4.97. The predicted molar refractivity (Wildman–Crippen MR) is 44.4 cm³/mol. The highest BCUT2D eigenvalue weighted by Crippen LogP contribution is 2.44. The molecule has 1 saturated heterocycles. The van der Waals surface area contributed by atoms with Crippen LogP contribution in [0.25, 0.3) is 0 Å². The van der Waals surface area contributed by atoms with Crippen molar-refractivity contribution in [3.8, 4) is 0 Å². The Morgan fingerprint density at radius 1 is 1.18 bits per heavy atom. The zero-order valence-corrected chi connectivity index (χ0v) is 7.05. The molecule has 2 heteroatoms. The van der Waals surface area contributed by atoms with Crippen LogP contribution in [-0.4, -0.2) is 36.2 Å². The molecule has 0 unspecified atom stereocenters. The SMILES string of the molecule is OCCN1CC2(CCCC2)C1. The molecule has 2 rings (SSSR count). The fourth-order valence-corrected chi connectivity index (χ4v) is 2.64. The van der Waals surface area contributed by atoms with Crippen molar-refractivity contribution in [1.82, 2.24) is 4.90 Å². The number of nitrogens with zero attached hydrogens (tertiary/aromatic N) is 1. The maximum Gasteiger partial charge on any atom is 0.0558 e. The van der Waals surface area contributed by atoms with Crippen LogP contribution in [0.5, 0.6) is 0 Å². The molecule has 0 bridgehead atoms. The van der Waals surface area contributed by atoms with Crippen LogP contribution in [0, 0.1) is 5.41 Å². The topological polar surface area (TPSA) is 23.5 Å². The van der Waals surface area contributed by atoms with Crippen LogP contribution >= 0.6 is 0 Å². The van der Waals surface area contributed by atoms with Gasteiger partial charge in [0.05, 0.1) is 6.61 Å². The summed E-state index contributed by atoms with van der Waals surface area (Å²) >= 11 is 0. The summed E-state index contributed by atoms with van der Waals surface area (Å²) in [4.78, 5) is 2.37. The van der Waals surface area contributed by atoms with Gasteiger partial charge in [0.25, 0.3) is 0 Å². The molecule has 2 aliphatic rings. The molecule has 0 aromatic heterocycles. The molecule has 2 fully saturated rings. The van der Waals surface area contributed by atoms with E-state index in [0.29, 0.717) is 12.0 Å². The fourth-order valence-electron chi connectivity index (χ4n) is 2.64. The van der Waals surface area contributed by atoms with Gasteiger partial charge < -0.3 is 5.11 Å². The number of rotatable bonds is 2. The molecule has 0 amide bonds. The molecular weight excluding hydrogens is 138 g/mol. The monoisotopic (exact) mass is 155 g/mol. The molecule has 1 heterocycles. The molecule has 0 atom stereocenters. The molecule has 1 saturated carbocycles. The maximum absolute atomic E-state index is 8.69. The third-order valence-corrected chi connectivity index (χ3v) is 3.20. The first-order valence-corrected chi connectivity index (χ1v) is 4.68. The van der Waals surface area contributed by atoms with Gasteiger partial charge in [0, 0.05) is 19.6 Å². The van der Waals surface area contributed by atoms with Crippen molar-refractivity contribution in [1.29, 1.82) is 0 Å². The van der Waals surface area contributed by atoms with Gasteiger partial charge >= 0.3 is 0 Å². The smallest absolute Gasteiger partial charge is 0.0558 e. The molecule has 0 aromatic carbocycles. The number of β-amino-alcohol motifs (C(OH)–C–C–N with tert-alkyl or cyclic N) is 1. The Hall–Kier alpha value is -0.0800. The minimum Gasteiger partial charge on any atom is -0.395 e. The van der Waals surface area contributed by atoms with E-state index in [1.165, 1.54) is 38.8 Å². The zero-order valence-electron chi connectivity index (χ0n) is 7.05. The maximum atomic E-state index is 8.69. The summed E-state index contributed by atoms with van der Waals surface area (Å²) in [5.41, 5.74) is 0.704. The number of aliphatic hydroxyl groups is 1. The summed E-state index contributed by atoms with van der Waals surface area (Å²) in [6, 6.07) is 0. The highest BCUT2D eigenvalue weighted by atomic mass is 16.3. The second kappa shape index (κ2) is 2.76. The molecule has 1 spiro atoms. The lowest BCUT2D eigenvalue weighted by molar-refractivity contribution is -0.00387. The summed E-state index contributed by atoms with van der Waals surface area (Å²) in [6.45, 7) is 3.74. The molecule has 1 aliphatic carbocycles. The van der Waals surface area contributed by atoms with Crippen molar-refractivity contribution in [2.45, 2.75) is 25.7 Å². The summed E-state index contributed by atoms with van der Waals surface area (Å²) in [7, 11) is 0. The molecule has 1 aliphatic heterocycles. The average molecular weight is 155 g/mol. The minimum absolute atomic E-state index is 0.329. The molecule has 11 heavy (non-hydrogen) atoms. The van der Waals surface area contributed by atoms with Gasteiger partial charge in [-0.1, -0.05) is 12.8 Å². The zero-order chi connectivity index (χ0) is 7.73. The molecular formula is C9H17NO. The van der Waals surface area contributed by atoms with E-state index in [9.17, 15) is 0 Å². The first kappa shape index (κ1) is 7.56. The summed E-state index contributed by atoms with van der Waals surface area (Å²) < 4.78 is 0. The number of hydrogen-bond acceptors (Lipinski definition) is 2. The van der Waals surface area contributed by atoms with Crippen LogP contribution in [0.2, 0.25) is 0 Å². The Bertz CT molecular complexity index is 132. The Labute approximate surface area is 68.2 Å². The van der Waals surface area contributed by atoms with Crippen molar-refractivity contribution in [3.05, 3.63) is 0 Å². The molecule has 1 N–H and O–H groups in total. The largest absolute Gasteiger partial charge is 0.395 e. The lowest BCUT2D eigenvalue weighted by Gasteiger charge is -2.48. The van der Waals surface area contributed by atoms with E-state index in [1.54, 1.807) is 0 Å². The van der Waals surface area contributed by atoms with Crippen LogP contribution < -0.4 is 0 Å². The van der Waals surface area contributed by atoms with E-state index in [2.05, 4.69) is 4.90 Å². The van der Waals surface area contributed by atoms with Gasteiger partial charge in [-0.05, 0) is 18.3 Å². The summed E-state index contributed by atoms with van der Waals surface area (Å²) in [5.74, 6) is 0. The van der Waals surface area contributed by atoms with Crippen LogP contribution in [0.15, 0.2) is 0 Å². The van der Waals surface area contributed by atoms with Crippen LogP contribution in [-0.2, 0) is 0 Å². The van der Waals surface area contributed by atoms with Gasteiger partial charge in [0.2, 0.25) is 0 Å². The van der Waals surface area contributed by atoms with E-state index in [1.807, 2.05) is 0 Å². The Morgan fingerprint density at radius 3 is 2.36 bits per heavy atom. The Kier molecular flexibility index (Phi) is 1.90. The van der Waals surface area contributed by atoms with Gasteiger partial charge in [-0.15, -0.1) is 0 Å².